The number of carbonyl (C=O) groups excluding carboxylic acids is 1. The van der Waals surface area contributed by atoms with Crippen molar-refractivity contribution >= 4 is 29.4 Å². The fourth-order valence-corrected chi connectivity index (χ4v) is 4.85. The number of nitrogens with one attached hydrogen (secondary N) is 1. The van der Waals surface area contributed by atoms with E-state index in [1.165, 1.54) is 4.90 Å². The van der Waals surface area contributed by atoms with E-state index >= 15 is 0 Å². The molecule has 0 saturated carbocycles. The molecule has 7 nitrogen and oxygen atoms in total. The number of aromatic nitrogens is 2. The Labute approximate surface area is 204 Å². The fraction of sp³-hybridized carbons (Fsp3) is 0.346. The number of anilines is 1. The van der Waals surface area contributed by atoms with Gasteiger partial charge < -0.3 is 15.3 Å². The molecule has 0 aliphatic carbocycles. The van der Waals surface area contributed by atoms with E-state index in [-0.39, 0.29) is 17.4 Å². The number of benzene rings is 2. The smallest absolute Gasteiger partial charge is 0.407 e. The van der Waals surface area contributed by atoms with Crippen LogP contribution in [0.5, 0.6) is 0 Å². The number of hydrogen-bond acceptors (Lipinski definition) is 3. The number of rotatable bonds is 4. The molecule has 178 valence electrons. The SMILES string of the molecule is Cc1cc(NC(=O)c2ccc3c(c2)CCN(C(=O)O)C3C(C)(C)C)nn1Cc1cccc(Cl)c1. The molecule has 4 rings (SSSR count). The van der Waals surface area contributed by atoms with E-state index in [1.807, 2.05) is 74.8 Å². The number of fused-ring (bicyclic) bond motifs is 1. The average Bonchev–Trinajstić information content (AvgIpc) is 3.10. The second-order valence-corrected chi connectivity index (χ2v) is 10.3. The van der Waals surface area contributed by atoms with E-state index in [1.54, 1.807) is 6.07 Å². The van der Waals surface area contributed by atoms with Crippen molar-refractivity contribution in [3.05, 3.63) is 81.5 Å². The average molecular weight is 481 g/mol. The standard InChI is InChI=1S/C26H29ClN4O3/c1-16-12-22(29-31(16)15-17-6-5-7-20(27)13-17)28-24(32)19-8-9-21-18(14-19)10-11-30(25(33)34)23(21)26(2,3)4/h5-9,12-14,23H,10-11,15H2,1-4H3,(H,33,34)(H,28,29,32). The second-order valence-electron chi connectivity index (χ2n) is 9.82. The quantitative estimate of drug-likeness (QED) is 0.496. The molecule has 1 atom stereocenters. The largest absolute Gasteiger partial charge is 0.465 e. The van der Waals surface area contributed by atoms with Crippen molar-refractivity contribution in [2.24, 2.45) is 5.41 Å². The van der Waals surface area contributed by atoms with Gasteiger partial charge in [0, 0.05) is 28.9 Å². The predicted molar refractivity (Wildman–Crippen MR) is 133 cm³/mol. The van der Waals surface area contributed by atoms with Gasteiger partial charge in [0.2, 0.25) is 0 Å². The van der Waals surface area contributed by atoms with Gasteiger partial charge in [-0.15, -0.1) is 0 Å². The Balaban J connectivity index is 1.53. The number of hydrogen-bond donors (Lipinski definition) is 2. The number of halogens is 1. The van der Waals surface area contributed by atoms with Gasteiger partial charge in [-0.05, 0) is 59.7 Å². The lowest BCUT2D eigenvalue weighted by atomic mass is 9.77. The minimum atomic E-state index is -0.920. The molecule has 2 aromatic carbocycles. The molecule has 0 bridgehead atoms. The first-order valence-corrected chi connectivity index (χ1v) is 11.6. The minimum absolute atomic E-state index is 0.247. The molecule has 3 aromatic rings. The number of nitrogens with zero attached hydrogens (tertiary/aromatic N) is 3. The zero-order chi connectivity index (χ0) is 24.6. The van der Waals surface area contributed by atoms with Crippen LogP contribution in [0.25, 0.3) is 0 Å². The van der Waals surface area contributed by atoms with Crippen LogP contribution in [-0.4, -0.2) is 38.3 Å². The van der Waals surface area contributed by atoms with Gasteiger partial charge in [-0.1, -0.05) is 50.6 Å². The lowest BCUT2D eigenvalue weighted by molar-refractivity contribution is 0.0758. The highest BCUT2D eigenvalue weighted by Crippen LogP contribution is 2.42. The Kier molecular flexibility index (Phi) is 6.41. The molecule has 2 N–H and O–H groups in total. The Hall–Kier alpha value is -3.32. The zero-order valence-electron chi connectivity index (χ0n) is 19.8. The summed E-state index contributed by atoms with van der Waals surface area (Å²) in [5, 5.41) is 17.8. The van der Waals surface area contributed by atoms with Gasteiger partial charge in [0.1, 0.15) is 0 Å². The van der Waals surface area contributed by atoms with E-state index in [0.717, 1.165) is 22.4 Å². The molecule has 8 heteroatoms. The van der Waals surface area contributed by atoms with Crippen LogP contribution in [0.3, 0.4) is 0 Å². The summed E-state index contributed by atoms with van der Waals surface area (Å²) in [6.07, 6.45) is -0.348. The molecule has 0 fully saturated rings. The number of aryl methyl sites for hydroxylation is 1. The van der Waals surface area contributed by atoms with Gasteiger partial charge in [0.15, 0.2) is 5.82 Å². The normalized spacial score (nSPS) is 15.7. The molecule has 1 aliphatic rings. The third-order valence-corrected chi connectivity index (χ3v) is 6.38. The van der Waals surface area contributed by atoms with Crippen LogP contribution in [0.4, 0.5) is 10.6 Å². The van der Waals surface area contributed by atoms with Crippen molar-refractivity contribution < 1.29 is 14.7 Å². The van der Waals surface area contributed by atoms with Gasteiger partial charge >= 0.3 is 6.09 Å². The molecular weight excluding hydrogens is 452 g/mol. The molecule has 34 heavy (non-hydrogen) atoms. The summed E-state index contributed by atoms with van der Waals surface area (Å²) in [5.41, 5.74) is 4.16. The van der Waals surface area contributed by atoms with Crippen molar-refractivity contribution in [1.29, 1.82) is 0 Å². The third-order valence-electron chi connectivity index (χ3n) is 6.14. The Morgan fingerprint density at radius 3 is 2.62 bits per heavy atom. The molecule has 0 saturated heterocycles. The maximum absolute atomic E-state index is 13.0. The topological polar surface area (TPSA) is 87.5 Å². The molecule has 0 spiro atoms. The van der Waals surface area contributed by atoms with Crippen molar-refractivity contribution in [3.8, 4) is 0 Å². The monoisotopic (exact) mass is 480 g/mol. The van der Waals surface area contributed by atoms with Gasteiger partial charge in [-0.3, -0.25) is 9.48 Å². The van der Waals surface area contributed by atoms with Crippen molar-refractivity contribution in [3.63, 3.8) is 0 Å². The minimum Gasteiger partial charge on any atom is -0.465 e. The van der Waals surface area contributed by atoms with E-state index in [9.17, 15) is 14.7 Å². The summed E-state index contributed by atoms with van der Waals surface area (Å²) in [4.78, 5) is 26.3. The second kappa shape index (κ2) is 9.14. The van der Waals surface area contributed by atoms with Gasteiger partial charge in [-0.2, -0.15) is 5.10 Å². The van der Waals surface area contributed by atoms with Crippen LogP contribution in [-0.2, 0) is 13.0 Å². The lowest BCUT2D eigenvalue weighted by Gasteiger charge is -2.43. The first kappa shape index (κ1) is 23.8. The molecule has 0 radical (unpaired) electrons. The molecule has 1 aromatic heterocycles. The summed E-state index contributed by atoms with van der Waals surface area (Å²) >= 11 is 6.08. The molecule has 2 heterocycles. The highest BCUT2D eigenvalue weighted by Gasteiger charge is 2.38. The third kappa shape index (κ3) is 4.94. The maximum atomic E-state index is 13.0. The first-order chi connectivity index (χ1) is 16.0. The van der Waals surface area contributed by atoms with Crippen LogP contribution in [0.15, 0.2) is 48.5 Å². The van der Waals surface area contributed by atoms with Gasteiger partial charge in [0.05, 0.1) is 12.6 Å². The van der Waals surface area contributed by atoms with E-state index in [0.29, 0.717) is 35.9 Å². The summed E-state index contributed by atoms with van der Waals surface area (Å²) < 4.78 is 1.82. The van der Waals surface area contributed by atoms with E-state index in [2.05, 4.69) is 10.4 Å². The molecule has 1 unspecified atom stereocenters. The Bertz CT molecular complexity index is 1250. The fourth-order valence-electron chi connectivity index (χ4n) is 4.64. The van der Waals surface area contributed by atoms with Crippen molar-refractivity contribution in [1.82, 2.24) is 14.7 Å². The van der Waals surface area contributed by atoms with Crippen molar-refractivity contribution in [2.45, 2.75) is 46.7 Å². The summed E-state index contributed by atoms with van der Waals surface area (Å²) in [5.74, 6) is 0.232. The molecular formula is C26H29ClN4O3. The maximum Gasteiger partial charge on any atom is 0.407 e. The van der Waals surface area contributed by atoms with Crippen LogP contribution in [0, 0.1) is 12.3 Å². The summed E-state index contributed by atoms with van der Waals surface area (Å²) in [6, 6.07) is 14.7. The number of carbonyl (C=O) groups is 2. The summed E-state index contributed by atoms with van der Waals surface area (Å²) in [6.45, 7) is 8.99. The Morgan fingerprint density at radius 1 is 1.18 bits per heavy atom. The zero-order valence-corrected chi connectivity index (χ0v) is 20.6. The Morgan fingerprint density at radius 2 is 1.94 bits per heavy atom. The van der Waals surface area contributed by atoms with Crippen molar-refractivity contribution in [2.75, 3.05) is 11.9 Å². The van der Waals surface area contributed by atoms with E-state index < -0.39 is 6.09 Å². The van der Waals surface area contributed by atoms with Crippen LogP contribution in [0.1, 0.15) is 59.6 Å². The highest BCUT2D eigenvalue weighted by atomic mass is 35.5. The molecule has 2 amide bonds. The van der Waals surface area contributed by atoms with Crippen LogP contribution < -0.4 is 5.32 Å². The lowest BCUT2D eigenvalue weighted by Crippen LogP contribution is -2.44. The summed E-state index contributed by atoms with van der Waals surface area (Å²) in [7, 11) is 0. The number of carboxylic acid groups (broad SMARTS) is 1. The van der Waals surface area contributed by atoms with Gasteiger partial charge in [-0.25, -0.2) is 4.79 Å². The molecule has 1 aliphatic heterocycles. The highest BCUT2D eigenvalue weighted by molar-refractivity contribution is 6.30. The number of amides is 2. The van der Waals surface area contributed by atoms with Crippen LogP contribution in [0.2, 0.25) is 5.02 Å². The predicted octanol–water partition coefficient (Wildman–Crippen LogP) is 5.77. The van der Waals surface area contributed by atoms with Gasteiger partial charge in [0.25, 0.3) is 5.91 Å². The van der Waals surface area contributed by atoms with E-state index in [4.69, 9.17) is 11.6 Å². The first-order valence-electron chi connectivity index (χ1n) is 11.3. The van der Waals surface area contributed by atoms with Crippen LogP contribution >= 0.6 is 11.6 Å².